The lowest BCUT2D eigenvalue weighted by Gasteiger charge is -2.09. The van der Waals surface area contributed by atoms with E-state index in [1.54, 1.807) is 0 Å². The molecular formula is C16H15ClFNO2. The van der Waals surface area contributed by atoms with Crippen LogP contribution in [0.2, 0.25) is 5.02 Å². The molecule has 2 aromatic carbocycles. The number of carbonyl (C=O) groups excluding carboxylic acids is 1. The number of amides is 1. The number of carbonyl (C=O) groups is 1. The molecule has 0 saturated carbocycles. The Morgan fingerprint density at radius 2 is 2.10 bits per heavy atom. The molecule has 0 atom stereocenters. The van der Waals surface area contributed by atoms with E-state index < -0.39 is 11.7 Å². The van der Waals surface area contributed by atoms with Gasteiger partial charge in [0.15, 0.2) is 0 Å². The van der Waals surface area contributed by atoms with E-state index in [2.05, 4.69) is 5.32 Å². The molecule has 0 aliphatic rings. The smallest absolute Gasteiger partial charge is 0.254 e. The topological polar surface area (TPSA) is 38.3 Å². The SMILES string of the molecule is Cc1cccc(OCCNC(=O)c2ccc(Cl)cc2F)c1. The van der Waals surface area contributed by atoms with Crippen LogP contribution in [0.5, 0.6) is 5.75 Å². The van der Waals surface area contributed by atoms with Crippen molar-refractivity contribution >= 4 is 17.5 Å². The third-order valence-corrected chi connectivity index (χ3v) is 3.06. The van der Waals surface area contributed by atoms with Crippen molar-refractivity contribution in [3.05, 3.63) is 64.4 Å². The van der Waals surface area contributed by atoms with Gasteiger partial charge in [0.05, 0.1) is 12.1 Å². The highest BCUT2D eigenvalue weighted by atomic mass is 35.5. The molecule has 0 bridgehead atoms. The van der Waals surface area contributed by atoms with Crippen LogP contribution in [-0.4, -0.2) is 19.1 Å². The molecule has 21 heavy (non-hydrogen) atoms. The maximum absolute atomic E-state index is 13.5. The van der Waals surface area contributed by atoms with Gasteiger partial charge in [0.1, 0.15) is 18.2 Å². The van der Waals surface area contributed by atoms with Crippen molar-refractivity contribution in [1.82, 2.24) is 5.32 Å². The first-order valence-electron chi connectivity index (χ1n) is 6.49. The first-order chi connectivity index (χ1) is 10.1. The molecule has 5 heteroatoms. The third-order valence-electron chi connectivity index (χ3n) is 2.82. The number of hydrogen-bond acceptors (Lipinski definition) is 2. The highest BCUT2D eigenvalue weighted by Gasteiger charge is 2.11. The summed E-state index contributed by atoms with van der Waals surface area (Å²) in [6, 6.07) is 11.6. The van der Waals surface area contributed by atoms with Crippen LogP contribution in [-0.2, 0) is 0 Å². The van der Waals surface area contributed by atoms with Crippen LogP contribution in [0.4, 0.5) is 4.39 Å². The van der Waals surface area contributed by atoms with E-state index in [1.165, 1.54) is 12.1 Å². The molecule has 1 amide bonds. The molecule has 0 heterocycles. The van der Waals surface area contributed by atoms with E-state index in [1.807, 2.05) is 31.2 Å². The second-order valence-corrected chi connectivity index (χ2v) is 4.98. The third kappa shape index (κ3) is 4.46. The standard InChI is InChI=1S/C16H15ClFNO2/c1-11-3-2-4-13(9-11)21-8-7-19-16(20)14-6-5-12(17)10-15(14)18/h2-6,9-10H,7-8H2,1H3,(H,19,20). The Balaban J connectivity index is 1.82. The second kappa shape index (κ2) is 7.09. The number of hydrogen-bond donors (Lipinski definition) is 1. The molecule has 2 aromatic rings. The van der Waals surface area contributed by atoms with Gasteiger partial charge in [-0.2, -0.15) is 0 Å². The summed E-state index contributed by atoms with van der Waals surface area (Å²) in [5.74, 6) is -0.390. The number of ether oxygens (including phenoxy) is 1. The van der Waals surface area contributed by atoms with Gasteiger partial charge in [-0.3, -0.25) is 4.79 Å². The van der Waals surface area contributed by atoms with Gasteiger partial charge < -0.3 is 10.1 Å². The molecule has 0 saturated heterocycles. The molecule has 0 radical (unpaired) electrons. The molecule has 2 rings (SSSR count). The average molecular weight is 308 g/mol. The zero-order chi connectivity index (χ0) is 15.2. The normalized spacial score (nSPS) is 10.2. The van der Waals surface area contributed by atoms with Gasteiger partial charge in [-0.15, -0.1) is 0 Å². The lowest BCUT2D eigenvalue weighted by molar-refractivity contribution is 0.0943. The van der Waals surface area contributed by atoms with Crippen molar-refractivity contribution < 1.29 is 13.9 Å². The van der Waals surface area contributed by atoms with Gasteiger partial charge in [0.25, 0.3) is 5.91 Å². The minimum atomic E-state index is -0.639. The summed E-state index contributed by atoms with van der Waals surface area (Å²) in [6.45, 7) is 2.57. The van der Waals surface area contributed by atoms with Crippen LogP contribution >= 0.6 is 11.6 Å². The molecule has 0 aliphatic heterocycles. The highest BCUT2D eigenvalue weighted by Crippen LogP contribution is 2.14. The molecule has 0 unspecified atom stereocenters. The van der Waals surface area contributed by atoms with Crippen molar-refractivity contribution in [2.24, 2.45) is 0 Å². The molecular weight excluding hydrogens is 293 g/mol. The van der Waals surface area contributed by atoms with Gasteiger partial charge in [0.2, 0.25) is 0 Å². The Morgan fingerprint density at radius 1 is 1.29 bits per heavy atom. The Labute approximate surface area is 127 Å². The predicted octanol–water partition coefficient (Wildman–Crippen LogP) is 3.60. The zero-order valence-corrected chi connectivity index (χ0v) is 12.3. The second-order valence-electron chi connectivity index (χ2n) is 4.55. The van der Waals surface area contributed by atoms with E-state index in [0.717, 1.165) is 17.4 Å². The van der Waals surface area contributed by atoms with Crippen LogP contribution in [0.3, 0.4) is 0 Å². The van der Waals surface area contributed by atoms with Crippen LogP contribution in [0, 0.1) is 12.7 Å². The number of aryl methyl sites for hydroxylation is 1. The number of halogens is 2. The number of benzene rings is 2. The molecule has 0 spiro atoms. The van der Waals surface area contributed by atoms with Gasteiger partial charge in [-0.1, -0.05) is 23.7 Å². The Kier molecular flexibility index (Phi) is 5.17. The Bertz CT molecular complexity index is 646. The Morgan fingerprint density at radius 3 is 2.81 bits per heavy atom. The first-order valence-corrected chi connectivity index (χ1v) is 6.87. The van der Waals surface area contributed by atoms with Crippen LogP contribution < -0.4 is 10.1 Å². The summed E-state index contributed by atoms with van der Waals surface area (Å²) in [7, 11) is 0. The van der Waals surface area contributed by atoms with Crippen molar-refractivity contribution in [2.45, 2.75) is 6.92 Å². The fourth-order valence-electron chi connectivity index (χ4n) is 1.81. The van der Waals surface area contributed by atoms with Gasteiger partial charge >= 0.3 is 0 Å². The van der Waals surface area contributed by atoms with Gasteiger partial charge in [-0.05, 0) is 42.8 Å². The van der Waals surface area contributed by atoms with Crippen molar-refractivity contribution in [3.8, 4) is 5.75 Å². The summed E-state index contributed by atoms with van der Waals surface area (Å²) < 4.78 is 19.0. The van der Waals surface area contributed by atoms with Crippen molar-refractivity contribution in [2.75, 3.05) is 13.2 Å². The van der Waals surface area contributed by atoms with E-state index in [9.17, 15) is 9.18 Å². The summed E-state index contributed by atoms with van der Waals surface area (Å²) in [5.41, 5.74) is 1.06. The lowest BCUT2D eigenvalue weighted by atomic mass is 10.2. The predicted molar refractivity (Wildman–Crippen MR) is 80.4 cm³/mol. The van der Waals surface area contributed by atoms with Crippen molar-refractivity contribution in [3.63, 3.8) is 0 Å². The molecule has 1 N–H and O–H groups in total. The summed E-state index contributed by atoms with van der Waals surface area (Å²) in [6.07, 6.45) is 0. The molecule has 110 valence electrons. The summed E-state index contributed by atoms with van der Waals surface area (Å²) in [5, 5.41) is 2.85. The quantitative estimate of drug-likeness (QED) is 0.857. The Hall–Kier alpha value is -2.07. The minimum absolute atomic E-state index is 0.0324. The van der Waals surface area contributed by atoms with Gasteiger partial charge in [0, 0.05) is 5.02 Å². The highest BCUT2D eigenvalue weighted by molar-refractivity contribution is 6.30. The van der Waals surface area contributed by atoms with Crippen LogP contribution in [0.25, 0.3) is 0 Å². The maximum Gasteiger partial charge on any atom is 0.254 e. The molecule has 0 aliphatic carbocycles. The molecule has 0 fully saturated rings. The van der Waals surface area contributed by atoms with Crippen LogP contribution in [0.1, 0.15) is 15.9 Å². The molecule has 3 nitrogen and oxygen atoms in total. The fourth-order valence-corrected chi connectivity index (χ4v) is 1.97. The maximum atomic E-state index is 13.5. The lowest BCUT2D eigenvalue weighted by Crippen LogP contribution is -2.28. The summed E-state index contributed by atoms with van der Waals surface area (Å²) >= 11 is 5.64. The fraction of sp³-hybridized carbons (Fsp3) is 0.188. The van der Waals surface area contributed by atoms with E-state index >= 15 is 0 Å². The molecule has 0 aromatic heterocycles. The zero-order valence-electron chi connectivity index (χ0n) is 11.5. The summed E-state index contributed by atoms with van der Waals surface area (Å²) in [4.78, 5) is 11.8. The van der Waals surface area contributed by atoms with Crippen molar-refractivity contribution in [1.29, 1.82) is 0 Å². The van der Waals surface area contributed by atoms with E-state index in [4.69, 9.17) is 16.3 Å². The minimum Gasteiger partial charge on any atom is -0.492 e. The van der Waals surface area contributed by atoms with Gasteiger partial charge in [-0.25, -0.2) is 4.39 Å². The monoisotopic (exact) mass is 307 g/mol. The largest absolute Gasteiger partial charge is 0.492 e. The van der Waals surface area contributed by atoms with E-state index in [0.29, 0.717) is 6.61 Å². The number of nitrogens with one attached hydrogen (secondary N) is 1. The van der Waals surface area contributed by atoms with Crippen LogP contribution in [0.15, 0.2) is 42.5 Å². The number of rotatable bonds is 5. The van der Waals surface area contributed by atoms with E-state index in [-0.39, 0.29) is 17.1 Å². The first kappa shape index (κ1) is 15.3. The average Bonchev–Trinajstić information content (AvgIpc) is 2.43.